The van der Waals surface area contributed by atoms with Gasteiger partial charge in [-0.25, -0.2) is 17.8 Å². The molecule has 3 aromatic rings. The van der Waals surface area contributed by atoms with Crippen molar-refractivity contribution in [1.29, 1.82) is 0 Å². The minimum absolute atomic E-state index is 0.127. The fraction of sp³-hybridized carbons (Fsp3) is 0.409. The summed E-state index contributed by atoms with van der Waals surface area (Å²) in [5, 5.41) is 7.74. The molecule has 2 aromatic heterocycles. The maximum atomic E-state index is 15.7. The van der Waals surface area contributed by atoms with Gasteiger partial charge in [0.15, 0.2) is 11.5 Å². The van der Waals surface area contributed by atoms with E-state index in [2.05, 4.69) is 19.9 Å². The molecule has 8 nitrogen and oxygen atoms in total. The number of anilines is 2. The fourth-order valence-corrected chi connectivity index (χ4v) is 5.61. The zero-order chi connectivity index (χ0) is 24.3. The average Bonchev–Trinajstić information content (AvgIpc) is 3.25. The molecule has 1 aliphatic rings. The maximum Gasteiger partial charge on any atom is 0.232 e. The van der Waals surface area contributed by atoms with Crippen LogP contribution in [0.25, 0.3) is 11.1 Å². The van der Waals surface area contributed by atoms with Crippen molar-refractivity contribution in [3.05, 3.63) is 54.6 Å². The summed E-state index contributed by atoms with van der Waals surface area (Å²) < 4.78 is 58.7. The maximum absolute atomic E-state index is 15.7. The lowest BCUT2D eigenvalue weighted by molar-refractivity contribution is 0.109. The molecule has 4 rings (SSSR count). The number of benzene rings is 1. The van der Waals surface area contributed by atoms with Gasteiger partial charge < -0.3 is 9.47 Å². The van der Waals surface area contributed by atoms with Crippen molar-refractivity contribution in [2.45, 2.75) is 24.9 Å². The van der Waals surface area contributed by atoms with E-state index < -0.39 is 21.6 Å². The number of aromatic nitrogens is 4. The van der Waals surface area contributed by atoms with Gasteiger partial charge in [-0.05, 0) is 24.6 Å². The van der Waals surface area contributed by atoms with Gasteiger partial charge in [-0.1, -0.05) is 12.1 Å². The Bertz CT molecular complexity index is 1240. The van der Waals surface area contributed by atoms with Crippen LogP contribution in [0.15, 0.2) is 42.9 Å². The largest absolute Gasteiger partial charge is 0.369 e. The highest BCUT2D eigenvalue weighted by molar-refractivity contribution is 7.92. The molecule has 0 radical (unpaired) electrons. The first-order valence-electron chi connectivity index (χ1n) is 10.8. The number of piperidine rings is 1. The summed E-state index contributed by atoms with van der Waals surface area (Å²) >= 11 is 5.68. The lowest BCUT2D eigenvalue weighted by Crippen LogP contribution is -2.42. The number of halogens is 3. The van der Waals surface area contributed by atoms with Gasteiger partial charge in [0.1, 0.15) is 6.33 Å². The zero-order valence-electron chi connectivity index (χ0n) is 18.6. The normalized spacial score (nSPS) is 15.9. The Balaban J connectivity index is 1.70. The van der Waals surface area contributed by atoms with Crippen LogP contribution >= 0.6 is 11.6 Å². The van der Waals surface area contributed by atoms with Crippen molar-refractivity contribution < 1.29 is 17.2 Å². The highest BCUT2D eigenvalue weighted by Gasteiger charge is 2.41. The van der Waals surface area contributed by atoms with Crippen molar-refractivity contribution in [1.82, 2.24) is 19.7 Å². The smallest absolute Gasteiger partial charge is 0.232 e. The molecule has 1 fully saturated rings. The third-order valence-corrected chi connectivity index (χ3v) is 7.50. The Kier molecular flexibility index (Phi) is 7.04. The molecule has 0 atom stereocenters. The van der Waals surface area contributed by atoms with E-state index in [-0.39, 0.29) is 30.3 Å². The molecule has 1 aromatic carbocycles. The first kappa shape index (κ1) is 24.3. The van der Waals surface area contributed by atoms with Crippen LogP contribution in [0.5, 0.6) is 0 Å². The third kappa shape index (κ3) is 5.15. The van der Waals surface area contributed by atoms with Crippen LogP contribution in [0.4, 0.5) is 20.2 Å². The van der Waals surface area contributed by atoms with E-state index in [0.29, 0.717) is 42.0 Å². The third-order valence-electron chi connectivity index (χ3n) is 5.87. The lowest BCUT2D eigenvalue weighted by atomic mass is 9.91. The van der Waals surface area contributed by atoms with E-state index >= 15 is 4.39 Å². The number of nitrogens with one attached hydrogen (secondary N) is 1. The molecule has 0 aliphatic carbocycles. The van der Waals surface area contributed by atoms with Crippen LogP contribution in [0, 0.1) is 5.95 Å². The molecule has 1 N–H and O–H groups in total. The summed E-state index contributed by atoms with van der Waals surface area (Å²) in [5.41, 5.74) is 0.583. The Morgan fingerprint density at radius 3 is 2.59 bits per heavy atom. The minimum Gasteiger partial charge on any atom is -0.369 e. The van der Waals surface area contributed by atoms with Crippen LogP contribution in [0.2, 0.25) is 0 Å². The average molecular weight is 511 g/mol. The molecule has 1 aliphatic heterocycles. The molecule has 12 heteroatoms. The monoisotopic (exact) mass is 510 g/mol. The van der Waals surface area contributed by atoms with Gasteiger partial charge in [-0.2, -0.15) is 4.39 Å². The standard InChI is InChI=1S/C22H25ClF2N6O2S/c1-30-15-27-28-21(30)22(25)8-11-31(12-9-22)20-17(16-6-7-19(24)26-14-16)4-2-5-18(20)29-34(32,33)13-3-10-23/h2,4-7,14-15,29H,3,8-13H2,1H3. The molecule has 34 heavy (non-hydrogen) atoms. The quantitative estimate of drug-likeness (QED) is 0.365. The lowest BCUT2D eigenvalue weighted by Gasteiger charge is -2.38. The van der Waals surface area contributed by atoms with Gasteiger partial charge in [-0.3, -0.25) is 4.72 Å². The van der Waals surface area contributed by atoms with Crippen molar-refractivity contribution in [2.75, 3.05) is 34.3 Å². The molecule has 0 amide bonds. The summed E-state index contributed by atoms with van der Waals surface area (Å²) in [5.74, 6) is -0.253. The first-order valence-corrected chi connectivity index (χ1v) is 13.0. The van der Waals surface area contributed by atoms with Crippen molar-refractivity contribution in [3.63, 3.8) is 0 Å². The molecule has 0 spiro atoms. The molecule has 1 saturated heterocycles. The summed E-state index contributed by atoms with van der Waals surface area (Å²) in [6.07, 6.45) is 3.46. The number of para-hydroxylation sites is 1. The summed E-state index contributed by atoms with van der Waals surface area (Å²) in [6, 6.07) is 8.00. The van der Waals surface area contributed by atoms with Crippen LogP contribution in [-0.4, -0.2) is 52.9 Å². The Morgan fingerprint density at radius 1 is 1.21 bits per heavy atom. The van der Waals surface area contributed by atoms with Crippen LogP contribution < -0.4 is 9.62 Å². The summed E-state index contributed by atoms with van der Waals surface area (Å²) in [7, 11) is -1.96. The Labute approximate surface area is 202 Å². The second kappa shape index (κ2) is 9.83. The van der Waals surface area contributed by atoms with Gasteiger partial charge in [0, 0.05) is 56.2 Å². The minimum atomic E-state index is -3.66. The van der Waals surface area contributed by atoms with E-state index in [4.69, 9.17) is 11.6 Å². The van der Waals surface area contributed by atoms with Gasteiger partial charge in [-0.15, -0.1) is 21.8 Å². The number of hydrogen-bond donors (Lipinski definition) is 1. The fourth-order valence-electron chi connectivity index (χ4n) is 4.20. The number of aryl methyl sites for hydroxylation is 1. The molecule has 182 valence electrons. The predicted octanol–water partition coefficient (Wildman–Crippen LogP) is 3.85. The Hall–Kier alpha value is -2.79. The van der Waals surface area contributed by atoms with Gasteiger partial charge in [0.25, 0.3) is 0 Å². The molecule has 0 unspecified atom stereocenters. The summed E-state index contributed by atoms with van der Waals surface area (Å²) in [4.78, 5) is 5.67. The van der Waals surface area contributed by atoms with E-state index in [0.717, 1.165) is 0 Å². The number of rotatable bonds is 8. The van der Waals surface area contributed by atoms with Gasteiger partial charge in [0.05, 0.1) is 17.1 Å². The Morgan fingerprint density at radius 2 is 1.97 bits per heavy atom. The van der Waals surface area contributed by atoms with Crippen LogP contribution in [0.1, 0.15) is 25.1 Å². The molecule has 0 bridgehead atoms. The van der Waals surface area contributed by atoms with E-state index in [1.807, 2.05) is 4.90 Å². The van der Waals surface area contributed by atoms with Crippen molar-refractivity contribution in [2.24, 2.45) is 7.05 Å². The summed E-state index contributed by atoms with van der Waals surface area (Å²) in [6.45, 7) is 0.622. The van der Waals surface area contributed by atoms with Gasteiger partial charge in [0.2, 0.25) is 16.0 Å². The number of hydrogen-bond acceptors (Lipinski definition) is 6. The highest BCUT2D eigenvalue weighted by Crippen LogP contribution is 2.43. The molecule has 3 heterocycles. The zero-order valence-corrected chi connectivity index (χ0v) is 20.2. The second-order valence-electron chi connectivity index (χ2n) is 8.25. The van der Waals surface area contributed by atoms with E-state index in [1.54, 1.807) is 35.9 Å². The number of sulfonamides is 1. The van der Waals surface area contributed by atoms with Crippen molar-refractivity contribution >= 4 is 33.0 Å². The van der Waals surface area contributed by atoms with Gasteiger partial charge >= 0.3 is 0 Å². The van der Waals surface area contributed by atoms with Crippen molar-refractivity contribution in [3.8, 4) is 11.1 Å². The topological polar surface area (TPSA) is 93.0 Å². The SMILES string of the molecule is Cn1cnnc1C1(F)CCN(c2c(NS(=O)(=O)CCCCl)cccc2-c2ccc(F)nc2)CC1. The highest BCUT2D eigenvalue weighted by atomic mass is 35.5. The van der Waals surface area contributed by atoms with Crippen LogP contribution in [-0.2, 0) is 22.7 Å². The van der Waals surface area contributed by atoms with Crippen LogP contribution in [0.3, 0.4) is 0 Å². The van der Waals surface area contributed by atoms with E-state index in [1.165, 1.54) is 18.6 Å². The molecular weight excluding hydrogens is 486 g/mol. The van der Waals surface area contributed by atoms with E-state index in [9.17, 15) is 12.8 Å². The number of nitrogens with zero attached hydrogens (tertiary/aromatic N) is 5. The number of pyridine rings is 1. The first-order chi connectivity index (χ1) is 16.2. The second-order valence-corrected chi connectivity index (χ2v) is 10.5. The number of alkyl halides is 2. The predicted molar refractivity (Wildman–Crippen MR) is 128 cm³/mol. The molecular formula is C22H25ClF2N6O2S. The molecule has 0 saturated carbocycles.